The van der Waals surface area contributed by atoms with Crippen molar-refractivity contribution in [2.24, 2.45) is 0 Å². The molecule has 0 aliphatic carbocycles. The van der Waals surface area contributed by atoms with Gasteiger partial charge in [-0.25, -0.2) is 19.2 Å². The Bertz CT molecular complexity index is 811. The summed E-state index contributed by atoms with van der Waals surface area (Å²) in [5.74, 6) is -6.08. The van der Waals surface area contributed by atoms with E-state index in [2.05, 4.69) is 0 Å². The zero-order valence-electron chi connectivity index (χ0n) is 12.8. The minimum Gasteiger partial charge on any atom is -0.507 e. The van der Waals surface area contributed by atoms with E-state index in [-0.39, 0.29) is 11.1 Å². The molecule has 0 unspecified atom stereocenters. The van der Waals surface area contributed by atoms with Crippen molar-refractivity contribution in [2.75, 3.05) is 0 Å². The molecule has 0 aromatic heterocycles. The first kappa shape index (κ1) is 20.0. The highest BCUT2D eigenvalue weighted by atomic mass is 16.4. The van der Waals surface area contributed by atoms with Gasteiger partial charge in [-0.3, -0.25) is 0 Å². The number of aromatic hydroxyl groups is 2. The number of carboxylic acid groups (broad SMARTS) is 4. The summed E-state index contributed by atoms with van der Waals surface area (Å²) in [6.07, 6.45) is 0. The molecule has 0 radical (unpaired) electrons. The normalized spacial score (nSPS) is 9.54. The molecule has 0 saturated heterocycles. The fraction of sp³-hybridized carbons (Fsp3) is 0. The van der Waals surface area contributed by atoms with Crippen LogP contribution in [-0.2, 0) is 0 Å². The molecule has 0 amide bonds. The van der Waals surface area contributed by atoms with E-state index in [9.17, 15) is 19.2 Å². The van der Waals surface area contributed by atoms with Gasteiger partial charge in [-0.1, -0.05) is 0 Å². The Morgan fingerprint density at radius 2 is 0.846 bits per heavy atom. The molecule has 6 N–H and O–H groups in total. The van der Waals surface area contributed by atoms with E-state index in [0.29, 0.717) is 0 Å². The summed E-state index contributed by atoms with van der Waals surface area (Å²) in [7, 11) is 0. The maximum absolute atomic E-state index is 10.4. The molecule has 0 heterocycles. The topological polar surface area (TPSA) is 190 Å². The van der Waals surface area contributed by atoms with E-state index in [4.69, 9.17) is 30.6 Å². The molecule has 2 aromatic rings. The second-order valence-electron chi connectivity index (χ2n) is 4.68. The Morgan fingerprint density at radius 3 is 1.08 bits per heavy atom. The highest BCUT2D eigenvalue weighted by Crippen LogP contribution is 2.19. The number of hydrogen-bond donors (Lipinski definition) is 6. The van der Waals surface area contributed by atoms with Crippen LogP contribution < -0.4 is 0 Å². The third-order valence-corrected chi connectivity index (χ3v) is 2.95. The predicted molar refractivity (Wildman–Crippen MR) is 84.1 cm³/mol. The Hall–Kier alpha value is -4.08. The lowest BCUT2D eigenvalue weighted by Crippen LogP contribution is -2.02. The van der Waals surface area contributed by atoms with Gasteiger partial charge in [-0.2, -0.15) is 0 Å². The van der Waals surface area contributed by atoms with E-state index in [1.54, 1.807) is 0 Å². The molecule has 2 aromatic carbocycles. The lowest BCUT2D eigenvalue weighted by Gasteiger charge is -1.99. The summed E-state index contributed by atoms with van der Waals surface area (Å²) < 4.78 is 0. The van der Waals surface area contributed by atoms with Crippen molar-refractivity contribution >= 4 is 23.9 Å². The third kappa shape index (κ3) is 4.96. The average Bonchev–Trinajstić information content (AvgIpc) is 2.55. The summed E-state index contributed by atoms with van der Waals surface area (Å²) >= 11 is 0. The summed E-state index contributed by atoms with van der Waals surface area (Å²) in [6, 6.07) is 6.13. The molecule has 0 aliphatic heterocycles. The van der Waals surface area contributed by atoms with Crippen molar-refractivity contribution in [3.05, 3.63) is 58.7 Å². The van der Waals surface area contributed by atoms with Crippen LogP contribution in [0.1, 0.15) is 41.4 Å². The van der Waals surface area contributed by atoms with Crippen LogP contribution in [-0.4, -0.2) is 54.5 Å². The summed E-state index contributed by atoms with van der Waals surface area (Å²) in [5.41, 5.74) is -1.18. The highest BCUT2D eigenvalue weighted by Gasteiger charge is 2.13. The summed E-state index contributed by atoms with van der Waals surface area (Å²) in [5, 5.41) is 52.1. The van der Waals surface area contributed by atoms with Crippen LogP contribution in [0, 0.1) is 0 Å². The molecular formula is C16H12O10. The first-order valence-corrected chi connectivity index (χ1v) is 6.63. The largest absolute Gasteiger partial charge is 0.507 e. The molecule has 0 spiro atoms. The van der Waals surface area contributed by atoms with Gasteiger partial charge in [-0.05, 0) is 36.4 Å². The fourth-order valence-electron chi connectivity index (χ4n) is 1.68. The molecule has 0 bridgehead atoms. The molecule has 136 valence electrons. The van der Waals surface area contributed by atoms with Crippen molar-refractivity contribution in [3.8, 4) is 11.5 Å². The van der Waals surface area contributed by atoms with E-state index in [0.717, 1.165) is 36.4 Å². The molecule has 0 fully saturated rings. The zero-order valence-corrected chi connectivity index (χ0v) is 12.8. The SMILES string of the molecule is O=C(O)c1ccc(O)c(C(=O)O)c1.O=C(O)c1ccc(O)c(C(=O)O)c1. The van der Waals surface area contributed by atoms with Crippen LogP contribution in [0.25, 0.3) is 0 Å². The smallest absolute Gasteiger partial charge is 0.339 e. The lowest BCUT2D eigenvalue weighted by atomic mass is 10.1. The number of phenols is 2. The lowest BCUT2D eigenvalue weighted by molar-refractivity contribution is 0.0673. The second-order valence-corrected chi connectivity index (χ2v) is 4.68. The van der Waals surface area contributed by atoms with Crippen LogP contribution in [0.5, 0.6) is 11.5 Å². The summed E-state index contributed by atoms with van der Waals surface area (Å²) in [4.78, 5) is 41.7. The van der Waals surface area contributed by atoms with Crippen LogP contribution >= 0.6 is 0 Å². The van der Waals surface area contributed by atoms with Crippen LogP contribution in [0.2, 0.25) is 0 Å². The number of benzene rings is 2. The van der Waals surface area contributed by atoms with Crippen LogP contribution in [0.15, 0.2) is 36.4 Å². The van der Waals surface area contributed by atoms with Crippen molar-refractivity contribution < 1.29 is 49.8 Å². The summed E-state index contributed by atoms with van der Waals surface area (Å²) in [6.45, 7) is 0. The Balaban J connectivity index is 0.000000260. The molecule has 0 atom stereocenters. The fourth-order valence-corrected chi connectivity index (χ4v) is 1.68. The van der Waals surface area contributed by atoms with Crippen molar-refractivity contribution in [1.29, 1.82) is 0 Å². The van der Waals surface area contributed by atoms with Crippen LogP contribution in [0.4, 0.5) is 0 Å². The molecule has 26 heavy (non-hydrogen) atoms. The van der Waals surface area contributed by atoms with Crippen molar-refractivity contribution in [1.82, 2.24) is 0 Å². The predicted octanol–water partition coefficient (Wildman–Crippen LogP) is 1.58. The average molecular weight is 364 g/mol. The van der Waals surface area contributed by atoms with Gasteiger partial charge in [0.25, 0.3) is 0 Å². The first-order chi connectivity index (χ1) is 12.0. The third-order valence-electron chi connectivity index (χ3n) is 2.95. The van der Waals surface area contributed by atoms with E-state index < -0.39 is 46.5 Å². The van der Waals surface area contributed by atoms with Gasteiger partial charge in [0.2, 0.25) is 0 Å². The maximum atomic E-state index is 10.4. The van der Waals surface area contributed by atoms with E-state index in [1.807, 2.05) is 0 Å². The van der Waals surface area contributed by atoms with Gasteiger partial charge >= 0.3 is 23.9 Å². The molecule has 10 nitrogen and oxygen atoms in total. The van der Waals surface area contributed by atoms with Gasteiger partial charge in [0, 0.05) is 0 Å². The van der Waals surface area contributed by atoms with Gasteiger partial charge < -0.3 is 30.6 Å². The van der Waals surface area contributed by atoms with E-state index >= 15 is 0 Å². The zero-order chi connectivity index (χ0) is 20.0. The maximum Gasteiger partial charge on any atom is 0.339 e. The minimum absolute atomic E-state index is 0.171. The Labute approximate surface area is 144 Å². The molecular weight excluding hydrogens is 352 g/mol. The quantitative estimate of drug-likeness (QED) is 0.464. The monoisotopic (exact) mass is 364 g/mol. The number of carbonyl (C=O) groups is 4. The number of hydrogen-bond acceptors (Lipinski definition) is 6. The first-order valence-electron chi connectivity index (χ1n) is 6.63. The Kier molecular flexibility index (Phi) is 6.26. The molecule has 0 aliphatic rings. The number of carboxylic acids is 4. The molecule has 2 rings (SSSR count). The number of aromatic carboxylic acids is 4. The molecule has 0 saturated carbocycles. The van der Waals surface area contributed by atoms with Gasteiger partial charge in [-0.15, -0.1) is 0 Å². The standard InChI is InChI=1S/2C8H6O5/c2*9-6-2-1-4(7(10)11)3-5(6)8(12)13/h2*1-3,9H,(H,10,11)(H,12,13). The highest BCUT2D eigenvalue weighted by molar-refractivity contribution is 5.96. The number of rotatable bonds is 4. The minimum atomic E-state index is -1.36. The van der Waals surface area contributed by atoms with E-state index in [1.165, 1.54) is 0 Å². The van der Waals surface area contributed by atoms with Crippen LogP contribution in [0.3, 0.4) is 0 Å². The second kappa shape index (κ2) is 8.15. The van der Waals surface area contributed by atoms with Crippen molar-refractivity contribution in [3.63, 3.8) is 0 Å². The van der Waals surface area contributed by atoms with Crippen molar-refractivity contribution in [2.45, 2.75) is 0 Å². The van der Waals surface area contributed by atoms with Gasteiger partial charge in [0.05, 0.1) is 11.1 Å². The molecule has 10 heteroatoms. The Morgan fingerprint density at radius 1 is 0.538 bits per heavy atom. The van der Waals surface area contributed by atoms with Gasteiger partial charge in [0.15, 0.2) is 0 Å². The van der Waals surface area contributed by atoms with Gasteiger partial charge in [0.1, 0.15) is 22.6 Å².